The lowest BCUT2D eigenvalue weighted by Gasteiger charge is -2.18. The van der Waals surface area contributed by atoms with Crippen molar-refractivity contribution in [2.45, 2.75) is 38.4 Å². The van der Waals surface area contributed by atoms with Gasteiger partial charge in [0.1, 0.15) is 0 Å². The molecule has 2 N–H and O–H groups in total. The first-order valence-electron chi connectivity index (χ1n) is 6.72. The summed E-state index contributed by atoms with van der Waals surface area (Å²) in [6.07, 6.45) is 0.634. The lowest BCUT2D eigenvalue weighted by atomic mass is 10.00. The van der Waals surface area contributed by atoms with Crippen LogP contribution in [0.1, 0.15) is 43.1 Å². The Labute approximate surface area is 121 Å². The summed E-state index contributed by atoms with van der Waals surface area (Å²) < 4.78 is 23.2. The van der Waals surface area contributed by atoms with Crippen LogP contribution in [0.15, 0.2) is 24.3 Å². The van der Waals surface area contributed by atoms with Crippen LogP contribution in [0.25, 0.3) is 0 Å². The second-order valence-electron chi connectivity index (χ2n) is 5.80. The van der Waals surface area contributed by atoms with E-state index in [-0.39, 0.29) is 18.0 Å². The number of rotatable bonds is 6. The Bertz CT molecular complexity index is 571. The third-order valence-corrected chi connectivity index (χ3v) is 5.87. The van der Waals surface area contributed by atoms with Crippen molar-refractivity contribution in [3.05, 3.63) is 35.4 Å². The Balaban J connectivity index is 2.83. The van der Waals surface area contributed by atoms with Crippen LogP contribution in [0.5, 0.6) is 0 Å². The summed E-state index contributed by atoms with van der Waals surface area (Å²) in [6, 6.07) is 7.23. The minimum absolute atomic E-state index is 0.0151. The van der Waals surface area contributed by atoms with Crippen LogP contribution in [0.3, 0.4) is 0 Å². The third kappa shape index (κ3) is 4.15. The molecule has 0 fully saturated rings. The number of ketones is 1. The van der Waals surface area contributed by atoms with Crippen molar-refractivity contribution in [3.63, 3.8) is 0 Å². The molecule has 0 heterocycles. The zero-order valence-electron chi connectivity index (χ0n) is 12.3. The van der Waals surface area contributed by atoms with Crippen molar-refractivity contribution in [2.24, 2.45) is 5.73 Å². The maximum Gasteiger partial charge on any atom is 0.164 e. The van der Waals surface area contributed by atoms with E-state index in [9.17, 15) is 13.2 Å². The highest BCUT2D eigenvalue weighted by Gasteiger charge is 2.29. The zero-order valence-corrected chi connectivity index (χ0v) is 13.2. The van der Waals surface area contributed by atoms with Gasteiger partial charge in [-0.3, -0.25) is 4.79 Å². The van der Waals surface area contributed by atoms with Gasteiger partial charge in [0.15, 0.2) is 15.6 Å². The number of Topliss-reactive ketones (excluding diaryl/α,β-unsaturated/α-hetero) is 1. The number of benzene rings is 1. The Morgan fingerprint density at radius 1 is 1.20 bits per heavy atom. The highest BCUT2D eigenvalue weighted by atomic mass is 32.2. The van der Waals surface area contributed by atoms with Gasteiger partial charge in [-0.25, -0.2) is 8.42 Å². The number of carbonyl (C=O) groups is 1. The average Bonchev–Trinajstić information content (AvgIpc) is 2.36. The summed E-state index contributed by atoms with van der Waals surface area (Å²) in [7, 11) is -3.27. The van der Waals surface area contributed by atoms with Crippen molar-refractivity contribution in [1.29, 1.82) is 0 Å². The Morgan fingerprint density at radius 3 is 2.35 bits per heavy atom. The van der Waals surface area contributed by atoms with Crippen LogP contribution in [0.2, 0.25) is 0 Å². The van der Waals surface area contributed by atoms with E-state index in [4.69, 9.17) is 5.73 Å². The van der Waals surface area contributed by atoms with E-state index in [0.29, 0.717) is 18.5 Å². The fraction of sp³-hybridized carbons (Fsp3) is 0.533. The maximum absolute atomic E-state index is 12.2. The number of hydrogen-bond donors (Lipinski definition) is 1. The molecule has 0 unspecified atom stereocenters. The number of carbonyl (C=O) groups excluding carboxylic acids is 1. The standard InChI is InChI=1S/C15H23NO3S/c1-15(2,3)20(18,19)11-9-14(17)13-7-5-4-6-12(13)8-10-16/h4-7H,8-11,16H2,1-3H3. The third-order valence-electron chi connectivity index (χ3n) is 3.26. The summed E-state index contributed by atoms with van der Waals surface area (Å²) in [6.45, 7) is 5.41. The summed E-state index contributed by atoms with van der Waals surface area (Å²) in [5.41, 5.74) is 6.99. The van der Waals surface area contributed by atoms with E-state index < -0.39 is 14.6 Å². The fourth-order valence-electron chi connectivity index (χ4n) is 1.83. The lowest BCUT2D eigenvalue weighted by molar-refractivity contribution is 0.0988. The summed E-state index contributed by atoms with van der Waals surface area (Å²) >= 11 is 0. The molecule has 112 valence electrons. The van der Waals surface area contributed by atoms with Gasteiger partial charge in [-0.2, -0.15) is 0 Å². The van der Waals surface area contributed by atoms with E-state index in [1.54, 1.807) is 32.9 Å². The smallest absolute Gasteiger partial charge is 0.164 e. The molecule has 1 aromatic carbocycles. The van der Waals surface area contributed by atoms with Gasteiger partial charge in [0, 0.05) is 12.0 Å². The van der Waals surface area contributed by atoms with Crippen molar-refractivity contribution < 1.29 is 13.2 Å². The molecular formula is C15H23NO3S. The van der Waals surface area contributed by atoms with Gasteiger partial charge in [-0.15, -0.1) is 0 Å². The van der Waals surface area contributed by atoms with Crippen LogP contribution in [-0.2, 0) is 16.3 Å². The van der Waals surface area contributed by atoms with Crippen LogP contribution < -0.4 is 5.73 Å². The van der Waals surface area contributed by atoms with Gasteiger partial charge in [0.25, 0.3) is 0 Å². The Hall–Kier alpha value is -1.20. The van der Waals surface area contributed by atoms with E-state index in [0.717, 1.165) is 5.56 Å². The number of nitrogens with two attached hydrogens (primary N) is 1. The van der Waals surface area contributed by atoms with Gasteiger partial charge in [-0.05, 0) is 39.3 Å². The van der Waals surface area contributed by atoms with Crippen LogP contribution >= 0.6 is 0 Å². The first-order chi connectivity index (χ1) is 9.19. The van der Waals surface area contributed by atoms with Gasteiger partial charge in [-0.1, -0.05) is 24.3 Å². The summed E-state index contributed by atoms with van der Waals surface area (Å²) in [4.78, 5) is 12.2. The normalized spacial score (nSPS) is 12.4. The van der Waals surface area contributed by atoms with Crippen LogP contribution in [-0.4, -0.2) is 31.2 Å². The lowest BCUT2D eigenvalue weighted by Crippen LogP contribution is -2.31. The number of sulfone groups is 1. The molecule has 20 heavy (non-hydrogen) atoms. The molecule has 1 aromatic rings. The molecular weight excluding hydrogens is 274 g/mol. The molecule has 0 aliphatic rings. The maximum atomic E-state index is 12.2. The van der Waals surface area contributed by atoms with Crippen molar-refractivity contribution in [2.75, 3.05) is 12.3 Å². The van der Waals surface area contributed by atoms with Gasteiger partial charge in [0.2, 0.25) is 0 Å². The monoisotopic (exact) mass is 297 g/mol. The Morgan fingerprint density at radius 2 is 1.80 bits per heavy atom. The molecule has 5 heteroatoms. The first kappa shape index (κ1) is 16.9. The van der Waals surface area contributed by atoms with Gasteiger partial charge in [0.05, 0.1) is 10.5 Å². The quantitative estimate of drug-likeness (QED) is 0.814. The van der Waals surface area contributed by atoms with Crippen LogP contribution in [0.4, 0.5) is 0 Å². The molecule has 0 aliphatic carbocycles. The molecule has 0 saturated carbocycles. The Kier molecular flexibility index (Phi) is 5.48. The topological polar surface area (TPSA) is 77.2 Å². The summed E-state index contributed by atoms with van der Waals surface area (Å²) in [5.74, 6) is -0.256. The predicted molar refractivity (Wildman–Crippen MR) is 81.7 cm³/mol. The minimum Gasteiger partial charge on any atom is -0.330 e. The van der Waals surface area contributed by atoms with E-state index in [1.165, 1.54) is 0 Å². The molecule has 0 saturated heterocycles. The van der Waals surface area contributed by atoms with E-state index >= 15 is 0 Å². The highest BCUT2D eigenvalue weighted by Crippen LogP contribution is 2.19. The molecule has 0 spiro atoms. The molecule has 0 bridgehead atoms. The SMILES string of the molecule is CC(C)(C)S(=O)(=O)CCC(=O)c1ccccc1CCN. The second-order valence-corrected chi connectivity index (χ2v) is 8.66. The molecule has 1 rings (SSSR count). The van der Waals surface area contributed by atoms with Gasteiger partial charge >= 0.3 is 0 Å². The van der Waals surface area contributed by atoms with Crippen molar-refractivity contribution >= 4 is 15.6 Å². The zero-order chi connectivity index (χ0) is 15.4. The first-order valence-corrected chi connectivity index (χ1v) is 8.38. The fourth-order valence-corrected chi connectivity index (χ4v) is 2.90. The number of hydrogen-bond acceptors (Lipinski definition) is 4. The average molecular weight is 297 g/mol. The summed E-state index contributed by atoms with van der Waals surface area (Å²) in [5, 5.41) is 0. The second kappa shape index (κ2) is 6.50. The predicted octanol–water partition coefficient (Wildman–Crippen LogP) is 1.97. The molecule has 0 aliphatic heterocycles. The van der Waals surface area contributed by atoms with Gasteiger partial charge < -0.3 is 5.73 Å². The van der Waals surface area contributed by atoms with E-state index in [1.807, 2.05) is 12.1 Å². The molecule has 0 atom stereocenters. The minimum atomic E-state index is -3.27. The molecule has 0 radical (unpaired) electrons. The largest absolute Gasteiger partial charge is 0.330 e. The van der Waals surface area contributed by atoms with E-state index in [2.05, 4.69) is 0 Å². The highest BCUT2D eigenvalue weighted by molar-refractivity contribution is 7.92. The molecule has 0 aromatic heterocycles. The van der Waals surface area contributed by atoms with Crippen LogP contribution in [0, 0.1) is 0 Å². The molecule has 0 amide bonds. The molecule has 4 nitrogen and oxygen atoms in total. The van der Waals surface area contributed by atoms with Crippen molar-refractivity contribution in [3.8, 4) is 0 Å². The van der Waals surface area contributed by atoms with Crippen molar-refractivity contribution in [1.82, 2.24) is 0 Å².